The van der Waals surface area contributed by atoms with Gasteiger partial charge < -0.3 is 20.9 Å². The zero-order valence-corrected chi connectivity index (χ0v) is 21.9. The first-order valence-corrected chi connectivity index (χ1v) is 13.0. The summed E-state index contributed by atoms with van der Waals surface area (Å²) in [5.74, 6) is -1.94. The van der Waals surface area contributed by atoms with Gasteiger partial charge in [0.2, 0.25) is 11.8 Å². The maximum Gasteiger partial charge on any atom is 0.236 e. The van der Waals surface area contributed by atoms with Gasteiger partial charge in [0.15, 0.2) is 12.0 Å². The van der Waals surface area contributed by atoms with Gasteiger partial charge in [0.05, 0.1) is 30.8 Å². The van der Waals surface area contributed by atoms with Crippen molar-refractivity contribution in [3.05, 3.63) is 23.1 Å². The Kier molecular flexibility index (Phi) is 9.18. The number of hydrogen-bond acceptors (Lipinski definition) is 10. The van der Waals surface area contributed by atoms with E-state index in [1.54, 1.807) is 11.9 Å². The number of piperazine rings is 1. The molecule has 0 aromatic carbocycles. The number of piperidine rings is 1. The molecule has 4 rings (SSSR count). The van der Waals surface area contributed by atoms with Crippen LogP contribution in [0.4, 0.5) is 20.2 Å². The van der Waals surface area contributed by atoms with Crippen LogP contribution in [0.15, 0.2) is 17.6 Å². The summed E-state index contributed by atoms with van der Waals surface area (Å²) >= 11 is 0. The van der Waals surface area contributed by atoms with Crippen LogP contribution in [0.1, 0.15) is 12.8 Å². The molecule has 1 aromatic rings. The number of pyridine rings is 1. The number of nitrogens with two attached hydrogens (primary N) is 1. The van der Waals surface area contributed by atoms with Gasteiger partial charge in [-0.15, -0.1) is 4.91 Å². The predicted molar refractivity (Wildman–Crippen MR) is 138 cm³/mol. The third-order valence-corrected chi connectivity index (χ3v) is 7.69. The monoisotopic (exact) mass is 537 g/mol. The van der Waals surface area contributed by atoms with Crippen molar-refractivity contribution in [1.29, 1.82) is 0 Å². The number of carbonyl (C=O) groups excluding carboxylic acids is 2. The summed E-state index contributed by atoms with van der Waals surface area (Å²) in [7, 11) is 3.55. The quantitative estimate of drug-likeness (QED) is 0.392. The second-order valence-electron chi connectivity index (χ2n) is 10.5. The van der Waals surface area contributed by atoms with Crippen LogP contribution in [0.5, 0.6) is 0 Å². The molecule has 12 nitrogen and oxygen atoms in total. The fourth-order valence-corrected chi connectivity index (χ4v) is 5.57. The van der Waals surface area contributed by atoms with Gasteiger partial charge in [-0.3, -0.25) is 29.7 Å². The molecule has 3 fully saturated rings. The molecule has 4 N–H and O–H groups in total. The van der Waals surface area contributed by atoms with Crippen molar-refractivity contribution in [2.24, 2.45) is 22.7 Å². The molecule has 4 heterocycles. The van der Waals surface area contributed by atoms with Crippen molar-refractivity contribution in [1.82, 2.24) is 25.0 Å². The highest BCUT2D eigenvalue weighted by Gasteiger charge is 2.40. The van der Waals surface area contributed by atoms with E-state index in [0.717, 1.165) is 25.6 Å². The number of aromatic nitrogens is 1. The second-order valence-corrected chi connectivity index (χ2v) is 10.5. The van der Waals surface area contributed by atoms with Crippen LogP contribution >= 0.6 is 0 Å². The van der Waals surface area contributed by atoms with E-state index >= 15 is 4.39 Å². The normalized spacial score (nSPS) is 25.8. The Morgan fingerprint density at radius 3 is 2.66 bits per heavy atom. The van der Waals surface area contributed by atoms with Crippen LogP contribution in [0.2, 0.25) is 0 Å². The number of carbonyl (C=O) groups is 2. The Morgan fingerprint density at radius 2 is 2.00 bits per heavy atom. The highest BCUT2D eigenvalue weighted by molar-refractivity contribution is 5.96. The summed E-state index contributed by atoms with van der Waals surface area (Å²) in [5, 5.41) is 8.47. The lowest BCUT2D eigenvalue weighted by Crippen LogP contribution is -2.62. The van der Waals surface area contributed by atoms with Crippen LogP contribution < -0.4 is 21.3 Å². The van der Waals surface area contributed by atoms with E-state index in [1.807, 2.05) is 21.7 Å². The van der Waals surface area contributed by atoms with E-state index < -0.39 is 36.1 Å². The van der Waals surface area contributed by atoms with E-state index in [1.165, 1.54) is 6.20 Å². The maximum absolute atomic E-state index is 15.1. The SMILES string of the molecule is CN1CCN(CC2CCN(c3c(F)cncc3NC(=O)C(C(N)N=O)C3NCC(F)CN3C)CC2)C(=O)C1. The largest absolute Gasteiger partial charge is 0.367 e. The smallest absolute Gasteiger partial charge is 0.236 e. The molecule has 210 valence electrons. The van der Waals surface area contributed by atoms with Gasteiger partial charge in [0.25, 0.3) is 0 Å². The molecular formula is C24H37F2N9O3. The van der Waals surface area contributed by atoms with Crippen molar-refractivity contribution in [2.75, 3.05) is 76.7 Å². The molecule has 3 aliphatic rings. The van der Waals surface area contributed by atoms with Gasteiger partial charge in [-0.05, 0) is 32.9 Å². The number of nitrogens with zero attached hydrogens (tertiary/aromatic N) is 6. The number of halogens is 2. The van der Waals surface area contributed by atoms with Gasteiger partial charge >= 0.3 is 0 Å². The minimum Gasteiger partial charge on any atom is -0.367 e. The fraction of sp³-hybridized carbons (Fsp3) is 0.708. The summed E-state index contributed by atoms with van der Waals surface area (Å²) < 4.78 is 28.9. The van der Waals surface area contributed by atoms with E-state index in [4.69, 9.17) is 5.73 Å². The van der Waals surface area contributed by atoms with Crippen molar-refractivity contribution in [3.8, 4) is 0 Å². The zero-order valence-electron chi connectivity index (χ0n) is 21.9. The zero-order chi connectivity index (χ0) is 27.4. The Labute approximate surface area is 220 Å². The Morgan fingerprint density at radius 1 is 1.26 bits per heavy atom. The summed E-state index contributed by atoms with van der Waals surface area (Å²) in [4.78, 5) is 48.3. The predicted octanol–water partition coefficient (Wildman–Crippen LogP) is 0.0162. The third kappa shape index (κ3) is 6.42. The van der Waals surface area contributed by atoms with Crippen LogP contribution in [-0.4, -0.2) is 116 Å². The molecule has 0 bridgehead atoms. The number of alkyl halides is 1. The first-order valence-electron chi connectivity index (χ1n) is 13.0. The van der Waals surface area contributed by atoms with Crippen LogP contribution in [0.3, 0.4) is 0 Å². The molecule has 3 saturated heterocycles. The molecular weight excluding hydrogens is 500 g/mol. The lowest BCUT2D eigenvalue weighted by Gasteiger charge is -2.40. The Bertz CT molecular complexity index is 1010. The summed E-state index contributed by atoms with van der Waals surface area (Å²) in [6, 6.07) is 0. The van der Waals surface area contributed by atoms with Gasteiger partial charge in [-0.1, -0.05) is 5.18 Å². The van der Waals surface area contributed by atoms with E-state index in [0.29, 0.717) is 38.6 Å². The van der Waals surface area contributed by atoms with Crippen molar-refractivity contribution < 1.29 is 18.4 Å². The standard InChI is InChI=1S/C24H37F2N9O3/c1-32-7-8-35(19(36)14-32)12-15-3-5-34(6-4-15)21-17(26)10-28-11-18(21)30-24(37)20(22(27)31-38)23-29-9-16(25)13-33(23)2/h10-11,15-16,20,22-23,29H,3-9,12-14,27H2,1-2H3,(H,30,37). The second kappa shape index (κ2) is 12.4. The molecule has 4 atom stereocenters. The minimum absolute atomic E-state index is 0.00576. The summed E-state index contributed by atoms with van der Waals surface area (Å²) in [6.45, 7) is 3.82. The van der Waals surface area contributed by atoms with Crippen LogP contribution in [0.25, 0.3) is 0 Å². The molecule has 0 aliphatic carbocycles. The fourth-order valence-electron chi connectivity index (χ4n) is 5.57. The van der Waals surface area contributed by atoms with Gasteiger partial charge in [-0.2, -0.15) is 0 Å². The Balaban J connectivity index is 1.44. The van der Waals surface area contributed by atoms with E-state index in [9.17, 15) is 18.9 Å². The maximum atomic E-state index is 15.1. The van der Waals surface area contributed by atoms with Crippen molar-refractivity contribution in [2.45, 2.75) is 31.3 Å². The number of rotatable bonds is 8. The number of hydrogen-bond donors (Lipinski definition) is 3. The molecule has 38 heavy (non-hydrogen) atoms. The molecule has 4 unspecified atom stereocenters. The molecule has 0 spiro atoms. The lowest BCUT2D eigenvalue weighted by molar-refractivity contribution is -0.136. The average Bonchev–Trinajstić information content (AvgIpc) is 2.88. The van der Waals surface area contributed by atoms with Gasteiger partial charge in [-0.25, -0.2) is 8.78 Å². The molecule has 3 aliphatic heterocycles. The van der Waals surface area contributed by atoms with E-state index in [2.05, 4.69) is 20.8 Å². The molecule has 2 amide bonds. The molecule has 0 saturated carbocycles. The lowest BCUT2D eigenvalue weighted by atomic mass is 9.95. The van der Waals surface area contributed by atoms with Crippen molar-refractivity contribution >= 4 is 23.2 Å². The third-order valence-electron chi connectivity index (χ3n) is 7.69. The summed E-state index contributed by atoms with van der Waals surface area (Å²) in [6.07, 6.45) is 0.719. The van der Waals surface area contributed by atoms with Gasteiger partial charge in [0.1, 0.15) is 17.8 Å². The number of likely N-dealkylation sites (N-methyl/N-ethyl adjacent to an activating group) is 1. The van der Waals surface area contributed by atoms with Crippen LogP contribution in [0, 0.1) is 22.6 Å². The molecule has 14 heteroatoms. The number of nitrogens with one attached hydrogen (secondary N) is 2. The molecule has 0 radical (unpaired) electrons. The minimum atomic E-state index is -1.40. The highest BCUT2D eigenvalue weighted by Crippen LogP contribution is 2.33. The average molecular weight is 538 g/mol. The number of amides is 2. The highest BCUT2D eigenvalue weighted by atomic mass is 19.1. The topological polar surface area (TPSA) is 140 Å². The van der Waals surface area contributed by atoms with Crippen molar-refractivity contribution in [3.63, 3.8) is 0 Å². The van der Waals surface area contributed by atoms with E-state index in [-0.39, 0.29) is 30.4 Å². The van der Waals surface area contributed by atoms with Gasteiger partial charge in [0, 0.05) is 45.8 Å². The first-order chi connectivity index (χ1) is 18.2. The number of nitroso groups, excluding NO2 is 1. The summed E-state index contributed by atoms with van der Waals surface area (Å²) in [5.41, 5.74) is 6.26. The Hall–Kier alpha value is -2.81. The number of anilines is 2. The van der Waals surface area contributed by atoms with Crippen LogP contribution in [-0.2, 0) is 9.59 Å². The molecule has 1 aromatic heterocycles. The first kappa shape index (κ1) is 28.2.